The Hall–Kier alpha value is -1.77. The Kier molecular flexibility index (Phi) is 5.19. The Bertz CT molecular complexity index is 1030. The smallest absolute Gasteiger partial charge is 0.270 e. The average molecular weight is 508 g/mol. The van der Waals surface area contributed by atoms with Crippen LogP contribution in [0.4, 0.5) is 0 Å². The van der Waals surface area contributed by atoms with Crippen molar-refractivity contribution >= 4 is 50.4 Å². The number of amides is 1. The summed E-state index contributed by atoms with van der Waals surface area (Å²) in [6, 6.07) is 9.42. The highest BCUT2D eigenvalue weighted by Crippen LogP contribution is 2.54. The molecule has 3 heterocycles. The second-order valence-electron chi connectivity index (χ2n) is 7.91. The van der Waals surface area contributed by atoms with Crippen LogP contribution in [-0.4, -0.2) is 34.0 Å². The van der Waals surface area contributed by atoms with Crippen molar-refractivity contribution in [3.05, 3.63) is 57.3 Å². The molecule has 2 aromatic rings. The first-order chi connectivity index (χ1) is 14.4. The summed E-state index contributed by atoms with van der Waals surface area (Å²) in [4.78, 5) is 21.8. The number of benzene rings is 1. The van der Waals surface area contributed by atoms with Gasteiger partial charge < -0.3 is 15.8 Å². The van der Waals surface area contributed by atoms with Gasteiger partial charge in [-0.1, -0.05) is 39.3 Å². The van der Waals surface area contributed by atoms with Gasteiger partial charge in [0, 0.05) is 33.9 Å². The number of rotatable bonds is 2. The molecule has 2 aliphatic heterocycles. The van der Waals surface area contributed by atoms with Crippen LogP contribution in [0.1, 0.15) is 35.3 Å². The van der Waals surface area contributed by atoms with E-state index >= 15 is 0 Å². The number of halogens is 2. The zero-order valence-electron chi connectivity index (χ0n) is 16.0. The number of nitrogens with zero attached hydrogens (tertiary/aromatic N) is 2. The molecule has 0 saturated heterocycles. The molecule has 1 aromatic carbocycles. The van der Waals surface area contributed by atoms with E-state index in [1.54, 1.807) is 23.9 Å². The summed E-state index contributed by atoms with van der Waals surface area (Å²) in [5.74, 6) is 1.61. The van der Waals surface area contributed by atoms with Crippen molar-refractivity contribution in [2.45, 2.75) is 36.9 Å². The van der Waals surface area contributed by atoms with Gasteiger partial charge in [0.1, 0.15) is 23.1 Å². The van der Waals surface area contributed by atoms with E-state index in [9.17, 15) is 4.79 Å². The van der Waals surface area contributed by atoms with Crippen LogP contribution >= 0.6 is 39.3 Å². The molecule has 1 amide bonds. The normalized spacial score (nSPS) is 29.5. The van der Waals surface area contributed by atoms with E-state index in [0.717, 1.165) is 40.8 Å². The molecular weight excluding hydrogens is 488 g/mol. The molecule has 1 spiro atoms. The molecule has 3 N–H and O–H groups in total. The number of aliphatic imine (C=N–C) groups is 1. The van der Waals surface area contributed by atoms with Gasteiger partial charge in [-0.25, -0.2) is 9.98 Å². The topological polar surface area (TPSA) is 89.6 Å². The minimum Gasteiger partial charge on any atom is -0.490 e. The van der Waals surface area contributed by atoms with Crippen LogP contribution in [0, 0.1) is 5.92 Å². The monoisotopic (exact) mass is 506 g/mol. The first kappa shape index (κ1) is 20.2. The standard InChI is InChI=1S/C21H20BrClN4O2S/c22-11-1-5-17-14(7-11)21(10-30-20(24)27-21)15-8-13(3-6-18(15)29-17)26-19(28)16-4-2-12(23)9-25-16/h1-2,4-5,7,9,13,15,18H,3,6,8,10H2,(H2,24,27)(H,26,28)/t13?,15-,18-,21?/m0/s1. The van der Waals surface area contributed by atoms with E-state index < -0.39 is 5.54 Å². The number of pyridine rings is 1. The van der Waals surface area contributed by atoms with Crippen molar-refractivity contribution in [1.82, 2.24) is 10.3 Å². The minimum atomic E-state index is -0.432. The average Bonchev–Trinajstić information content (AvgIpc) is 3.12. The van der Waals surface area contributed by atoms with Gasteiger partial charge in [0.25, 0.3) is 5.91 Å². The molecule has 1 aliphatic carbocycles. The number of carbonyl (C=O) groups is 1. The number of fused-ring (bicyclic) bond motifs is 4. The third kappa shape index (κ3) is 3.48. The van der Waals surface area contributed by atoms with E-state index in [2.05, 4.69) is 32.3 Å². The fraction of sp³-hybridized carbons (Fsp3) is 0.381. The second kappa shape index (κ2) is 7.73. The lowest BCUT2D eigenvalue weighted by atomic mass is 9.67. The highest BCUT2D eigenvalue weighted by molar-refractivity contribution is 9.10. The van der Waals surface area contributed by atoms with E-state index in [0.29, 0.717) is 15.9 Å². The molecular formula is C21H20BrClN4O2S. The van der Waals surface area contributed by atoms with E-state index in [-0.39, 0.29) is 24.0 Å². The Balaban J connectivity index is 1.43. The number of nitrogens with two attached hydrogens (primary N) is 1. The summed E-state index contributed by atoms with van der Waals surface area (Å²) in [6.45, 7) is 0. The minimum absolute atomic E-state index is 0.0208. The molecule has 1 saturated carbocycles. The number of hydrogen-bond donors (Lipinski definition) is 2. The summed E-state index contributed by atoms with van der Waals surface area (Å²) in [5.41, 5.74) is 7.13. The lowest BCUT2D eigenvalue weighted by molar-refractivity contribution is 0.0155. The van der Waals surface area contributed by atoms with Crippen LogP contribution in [0.5, 0.6) is 5.75 Å². The molecule has 6 nitrogen and oxygen atoms in total. The summed E-state index contributed by atoms with van der Waals surface area (Å²) in [5, 5.41) is 4.26. The van der Waals surface area contributed by atoms with Gasteiger partial charge in [-0.15, -0.1) is 0 Å². The van der Waals surface area contributed by atoms with Crippen molar-refractivity contribution in [2.75, 3.05) is 5.75 Å². The number of thioether (sulfide) groups is 1. The molecule has 0 bridgehead atoms. The zero-order valence-corrected chi connectivity index (χ0v) is 19.1. The van der Waals surface area contributed by atoms with Crippen molar-refractivity contribution in [2.24, 2.45) is 16.6 Å². The number of ether oxygens (including phenoxy) is 1. The number of aromatic nitrogens is 1. The molecule has 2 unspecified atom stereocenters. The molecule has 4 atom stereocenters. The van der Waals surface area contributed by atoms with Crippen LogP contribution < -0.4 is 15.8 Å². The van der Waals surface area contributed by atoms with E-state index in [1.807, 2.05) is 12.1 Å². The van der Waals surface area contributed by atoms with Gasteiger partial charge in [0.05, 0.1) is 5.02 Å². The van der Waals surface area contributed by atoms with Crippen LogP contribution in [0.3, 0.4) is 0 Å². The molecule has 5 rings (SSSR count). The predicted molar refractivity (Wildman–Crippen MR) is 122 cm³/mol. The summed E-state index contributed by atoms with van der Waals surface area (Å²) < 4.78 is 7.37. The van der Waals surface area contributed by atoms with Gasteiger partial charge in [-0.2, -0.15) is 0 Å². The van der Waals surface area contributed by atoms with Gasteiger partial charge in [0.2, 0.25) is 0 Å². The maximum Gasteiger partial charge on any atom is 0.270 e. The molecule has 1 fully saturated rings. The summed E-state index contributed by atoms with van der Waals surface area (Å²) in [6.07, 6.45) is 4.00. The molecule has 30 heavy (non-hydrogen) atoms. The van der Waals surface area contributed by atoms with E-state index in [1.165, 1.54) is 6.20 Å². The zero-order chi connectivity index (χ0) is 20.9. The van der Waals surface area contributed by atoms with Crippen molar-refractivity contribution in [1.29, 1.82) is 0 Å². The van der Waals surface area contributed by atoms with Crippen molar-refractivity contribution < 1.29 is 9.53 Å². The fourth-order valence-electron chi connectivity index (χ4n) is 4.77. The Labute approximate surface area is 192 Å². The van der Waals surface area contributed by atoms with Crippen molar-refractivity contribution in [3.63, 3.8) is 0 Å². The van der Waals surface area contributed by atoms with Crippen molar-refractivity contribution in [3.8, 4) is 5.75 Å². The lowest BCUT2D eigenvalue weighted by Crippen LogP contribution is -2.54. The lowest BCUT2D eigenvalue weighted by Gasteiger charge is -2.48. The number of amidine groups is 1. The quantitative estimate of drug-likeness (QED) is 0.638. The summed E-state index contributed by atoms with van der Waals surface area (Å²) in [7, 11) is 0. The maximum absolute atomic E-state index is 12.7. The maximum atomic E-state index is 12.7. The highest BCUT2D eigenvalue weighted by Gasteiger charge is 2.54. The number of carbonyl (C=O) groups excluding carboxylic acids is 1. The van der Waals surface area contributed by atoms with Gasteiger partial charge in [0.15, 0.2) is 5.17 Å². The van der Waals surface area contributed by atoms with Crippen LogP contribution in [0.2, 0.25) is 5.02 Å². The van der Waals surface area contributed by atoms with Crippen LogP contribution in [0.15, 0.2) is 46.0 Å². The summed E-state index contributed by atoms with van der Waals surface area (Å²) >= 11 is 11.1. The second-order valence-corrected chi connectivity index (χ2v) is 10.3. The Morgan fingerprint density at radius 3 is 2.93 bits per heavy atom. The largest absolute Gasteiger partial charge is 0.490 e. The molecule has 156 valence electrons. The predicted octanol–water partition coefficient (Wildman–Crippen LogP) is 4.11. The third-order valence-corrected chi connectivity index (χ3v) is 7.82. The number of hydrogen-bond acceptors (Lipinski definition) is 6. The highest BCUT2D eigenvalue weighted by atomic mass is 79.9. The van der Waals surface area contributed by atoms with Crippen LogP contribution in [0.25, 0.3) is 0 Å². The fourth-order valence-corrected chi connectivity index (χ4v) is 6.27. The SMILES string of the molecule is NC1=NC2(CS1)c1cc(Br)ccc1O[C@H]1CCC(NC(=O)c3ccc(Cl)cn3)C[C@@H]12. The van der Waals surface area contributed by atoms with Gasteiger partial charge >= 0.3 is 0 Å². The Morgan fingerprint density at radius 1 is 1.33 bits per heavy atom. The molecule has 1 aromatic heterocycles. The first-order valence-corrected chi connectivity index (χ1v) is 12.0. The molecule has 0 radical (unpaired) electrons. The molecule has 3 aliphatic rings. The van der Waals surface area contributed by atoms with Gasteiger partial charge in [-0.05, 0) is 49.6 Å². The van der Waals surface area contributed by atoms with Gasteiger partial charge in [-0.3, -0.25) is 4.79 Å². The number of nitrogens with one attached hydrogen (secondary N) is 1. The van der Waals surface area contributed by atoms with Crippen LogP contribution in [-0.2, 0) is 5.54 Å². The third-order valence-electron chi connectivity index (χ3n) is 6.13. The molecule has 9 heteroatoms. The Morgan fingerprint density at radius 2 is 2.20 bits per heavy atom. The van der Waals surface area contributed by atoms with E-state index in [4.69, 9.17) is 27.1 Å². The first-order valence-electron chi connectivity index (χ1n) is 9.82.